The predicted octanol–water partition coefficient (Wildman–Crippen LogP) is 0.796. The number of amides is 1. The first-order chi connectivity index (χ1) is 7.08. The topological polar surface area (TPSA) is 53.4 Å². The average molecular weight is 206 g/mol. The molecule has 1 saturated heterocycles. The summed E-state index contributed by atoms with van der Waals surface area (Å²) >= 11 is 0. The Morgan fingerprint density at radius 1 is 1.53 bits per heavy atom. The fourth-order valence-electron chi connectivity index (χ4n) is 1.88. The average Bonchev–Trinajstić information content (AvgIpc) is 2.45. The molecule has 80 valence electrons. The summed E-state index contributed by atoms with van der Waals surface area (Å²) in [5.41, 5.74) is 2.04. The molecule has 1 aliphatic rings. The summed E-state index contributed by atoms with van der Waals surface area (Å²) in [6.45, 7) is 4.24. The normalized spacial score (nSPS) is 21.1. The molecule has 1 atom stereocenters. The quantitative estimate of drug-likeness (QED) is 0.739. The second-order valence-electron chi connectivity index (χ2n) is 4.02. The van der Waals surface area contributed by atoms with Crippen LogP contribution in [0.1, 0.15) is 17.5 Å². The van der Waals surface area contributed by atoms with Crippen LogP contribution in [0.2, 0.25) is 0 Å². The summed E-state index contributed by atoms with van der Waals surface area (Å²) in [5, 5.41) is 9.39. The standard InChI is InChI=1S/C11H14N2O2/c1-7-3-8(2)11(12-5-7)13-6-9(14)4-10(13)15/h3,5,9,14H,4,6H2,1-2H3. The van der Waals surface area contributed by atoms with Gasteiger partial charge in [0, 0.05) is 6.20 Å². The van der Waals surface area contributed by atoms with E-state index >= 15 is 0 Å². The number of carbonyl (C=O) groups is 1. The van der Waals surface area contributed by atoms with Crippen molar-refractivity contribution in [1.29, 1.82) is 0 Å². The van der Waals surface area contributed by atoms with Crippen LogP contribution < -0.4 is 4.90 Å². The molecular formula is C11H14N2O2. The van der Waals surface area contributed by atoms with Gasteiger partial charge < -0.3 is 5.11 Å². The van der Waals surface area contributed by atoms with Crippen LogP contribution >= 0.6 is 0 Å². The number of aryl methyl sites for hydroxylation is 2. The van der Waals surface area contributed by atoms with E-state index in [0.717, 1.165) is 11.1 Å². The number of anilines is 1. The summed E-state index contributed by atoms with van der Waals surface area (Å²) < 4.78 is 0. The molecule has 2 rings (SSSR count). The van der Waals surface area contributed by atoms with Crippen molar-refractivity contribution in [3.8, 4) is 0 Å². The minimum Gasteiger partial charge on any atom is -0.391 e. The van der Waals surface area contributed by atoms with Gasteiger partial charge in [-0.15, -0.1) is 0 Å². The zero-order valence-electron chi connectivity index (χ0n) is 8.90. The molecule has 15 heavy (non-hydrogen) atoms. The third-order valence-corrected chi connectivity index (χ3v) is 2.55. The summed E-state index contributed by atoms with van der Waals surface area (Å²) in [5.74, 6) is 0.615. The van der Waals surface area contributed by atoms with E-state index in [1.54, 1.807) is 11.1 Å². The van der Waals surface area contributed by atoms with Crippen LogP contribution in [0.5, 0.6) is 0 Å². The van der Waals surface area contributed by atoms with Gasteiger partial charge >= 0.3 is 0 Å². The number of rotatable bonds is 1. The lowest BCUT2D eigenvalue weighted by atomic mass is 10.2. The maximum absolute atomic E-state index is 11.5. The second kappa shape index (κ2) is 3.62. The first-order valence-corrected chi connectivity index (χ1v) is 4.99. The monoisotopic (exact) mass is 206 g/mol. The minimum atomic E-state index is -0.556. The molecule has 1 N–H and O–H groups in total. The highest BCUT2D eigenvalue weighted by Crippen LogP contribution is 2.23. The van der Waals surface area contributed by atoms with Crippen LogP contribution in [0.4, 0.5) is 5.82 Å². The van der Waals surface area contributed by atoms with Crippen molar-refractivity contribution in [2.45, 2.75) is 26.4 Å². The van der Waals surface area contributed by atoms with Gasteiger partial charge in [0.1, 0.15) is 5.82 Å². The van der Waals surface area contributed by atoms with Crippen LogP contribution in [0.3, 0.4) is 0 Å². The molecule has 0 bridgehead atoms. The van der Waals surface area contributed by atoms with Crippen LogP contribution in [0.25, 0.3) is 0 Å². The van der Waals surface area contributed by atoms with Crippen molar-refractivity contribution in [1.82, 2.24) is 4.98 Å². The molecule has 2 heterocycles. The highest BCUT2D eigenvalue weighted by molar-refractivity contribution is 5.95. The lowest BCUT2D eigenvalue weighted by Crippen LogP contribution is -2.27. The summed E-state index contributed by atoms with van der Waals surface area (Å²) in [4.78, 5) is 17.3. The van der Waals surface area contributed by atoms with Gasteiger partial charge in [0.05, 0.1) is 19.1 Å². The Morgan fingerprint density at radius 2 is 2.27 bits per heavy atom. The van der Waals surface area contributed by atoms with Crippen LogP contribution in [0, 0.1) is 13.8 Å². The van der Waals surface area contributed by atoms with Crippen molar-refractivity contribution in [3.63, 3.8) is 0 Å². The molecule has 1 aromatic heterocycles. The smallest absolute Gasteiger partial charge is 0.230 e. The Bertz CT molecular complexity index is 404. The second-order valence-corrected chi connectivity index (χ2v) is 4.02. The fourth-order valence-corrected chi connectivity index (χ4v) is 1.88. The Hall–Kier alpha value is -1.42. The van der Waals surface area contributed by atoms with E-state index < -0.39 is 6.10 Å². The Balaban J connectivity index is 2.34. The fraction of sp³-hybridized carbons (Fsp3) is 0.455. The van der Waals surface area contributed by atoms with Crippen molar-refractivity contribution in [2.24, 2.45) is 0 Å². The van der Waals surface area contributed by atoms with E-state index in [-0.39, 0.29) is 12.3 Å². The van der Waals surface area contributed by atoms with E-state index in [9.17, 15) is 9.90 Å². The summed E-state index contributed by atoms with van der Waals surface area (Å²) in [7, 11) is 0. The van der Waals surface area contributed by atoms with Crippen molar-refractivity contribution in [3.05, 3.63) is 23.4 Å². The molecule has 1 fully saturated rings. The van der Waals surface area contributed by atoms with Gasteiger partial charge in [-0.3, -0.25) is 9.69 Å². The zero-order valence-corrected chi connectivity index (χ0v) is 8.90. The highest BCUT2D eigenvalue weighted by Gasteiger charge is 2.30. The van der Waals surface area contributed by atoms with Gasteiger partial charge in [0.2, 0.25) is 5.91 Å². The number of hydrogen-bond donors (Lipinski definition) is 1. The first-order valence-electron chi connectivity index (χ1n) is 4.99. The molecule has 0 radical (unpaired) electrons. The third kappa shape index (κ3) is 1.85. The van der Waals surface area contributed by atoms with Crippen LogP contribution in [0.15, 0.2) is 12.3 Å². The molecule has 0 aliphatic carbocycles. The number of aliphatic hydroxyl groups excluding tert-OH is 1. The van der Waals surface area contributed by atoms with E-state index in [2.05, 4.69) is 4.98 Å². The minimum absolute atomic E-state index is 0.0537. The molecule has 0 spiro atoms. The molecule has 1 amide bonds. The number of hydrogen-bond acceptors (Lipinski definition) is 3. The maximum Gasteiger partial charge on any atom is 0.230 e. The van der Waals surface area contributed by atoms with Crippen molar-refractivity contribution in [2.75, 3.05) is 11.4 Å². The zero-order chi connectivity index (χ0) is 11.0. The Labute approximate surface area is 88.6 Å². The van der Waals surface area contributed by atoms with Crippen LogP contribution in [-0.4, -0.2) is 28.6 Å². The molecule has 1 unspecified atom stereocenters. The number of carbonyl (C=O) groups excluding carboxylic acids is 1. The van der Waals surface area contributed by atoms with Gasteiger partial charge in [-0.1, -0.05) is 6.07 Å². The number of aromatic nitrogens is 1. The highest BCUT2D eigenvalue weighted by atomic mass is 16.3. The van der Waals surface area contributed by atoms with Gasteiger partial charge in [-0.2, -0.15) is 0 Å². The summed E-state index contributed by atoms with van der Waals surface area (Å²) in [6, 6.07) is 1.99. The van der Waals surface area contributed by atoms with E-state index in [0.29, 0.717) is 12.4 Å². The van der Waals surface area contributed by atoms with E-state index in [1.165, 1.54) is 0 Å². The van der Waals surface area contributed by atoms with Crippen LogP contribution in [-0.2, 0) is 4.79 Å². The molecular weight excluding hydrogens is 192 g/mol. The van der Waals surface area contributed by atoms with Crippen molar-refractivity contribution >= 4 is 11.7 Å². The molecule has 4 heteroatoms. The molecule has 1 aliphatic heterocycles. The SMILES string of the molecule is Cc1cnc(N2CC(O)CC2=O)c(C)c1. The largest absolute Gasteiger partial charge is 0.391 e. The Morgan fingerprint density at radius 3 is 2.80 bits per heavy atom. The first kappa shape index (κ1) is 10.1. The number of pyridine rings is 1. The lowest BCUT2D eigenvalue weighted by molar-refractivity contribution is -0.117. The molecule has 0 saturated carbocycles. The number of β-amino-alcohol motifs (C(OH)–C–C–N with tert-alkyl or cyclic N) is 1. The van der Waals surface area contributed by atoms with Gasteiger partial charge in [-0.05, 0) is 25.0 Å². The molecule has 0 aromatic carbocycles. The molecule has 4 nitrogen and oxygen atoms in total. The van der Waals surface area contributed by atoms with Gasteiger partial charge in [-0.25, -0.2) is 4.98 Å². The third-order valence-electron chi connectivity index (χ3n) is 2.55. The van der Waals surface area contributed by atoms with E-state index in [1.807, 2.05) is 19.9 Å². The number of nitrogens with zero attached hydrogens (tertiary/aromatic N) is 2. The Kier molecular flexibility index (Phi) is 2.44. The van der Waals surface area contributed by atoms with Gasteiger partial charge in [0.25, 0.3) is 0 Å². The van der Waals surface area contributed by atoms with Crippen molar-refractivity contribution < 1.29 is 9.90 Å². The predicted molar refractivity (Wildman–Crippen MR) is 56.7 cm³/mol. The summed E-state index contributed by atoms with van der Waals surface area (Å²) in [6.07, 6.45) is 1.38. The van der Waals surface area contributed by atoms with E-state index in [4.69, 9.17) is 0 Å². The lowest BCUT2D eigenvalue weighted by Gasteiger charge is -2.17. The molecule has 1 aromatic rings. The number of aliphatic hydroxyl groups is 1. The van der Waals surface area contributed by atoms with Gasteiger partial charge in [0.15, 0.2) is 0 Å². The maximum atomic E-state index is 11.5.